The Balaban J connectivity index is 3.00. The molecule has 1 unspecified atom stereocenters. The van der Waals surface area contributed by atoms with Crippen molar-refractivity contribution in [3.8, 4) is 11.5 Å². The molecule has 1 atom stereocenters. The monoisotopic (exact) mass is 211 g/mol. The van der Waals surface area contributed by atoms with Crippen molar-refractivity contribution in [3.05, 3.63) is 23.8 Å². The second-order valence-electron chi connectivity index (χ2n) is 3.17. The summed E-state index contributed by atoms with van der Waals surface area (Å²) in [6.07, 6.45) is 0. The minimum Gasteiger partial charge on any atom is -0.497 e. The van der Waals surface area contributed by atoms with E-state index in [0.29, 0.717) is 6.61 Å². The predicted octanol–water partition coefficient (Wildman–Crippen LogP) is 1.35. The first-order chi connectivity index (χ1) is 7.22. The second-order valence-corrected chi connectivity index (χ2v) is 3.17. The number of rotatable bonds is 5. The third-order valence-corrected chi connectivity index (χ3v) is 2.18. The maximum atomic E-state index is 5.94. The van der Waals surface area contributed by atoms with Gasteiger partial charge in [-0.05, 0) is 18.2 Å². The summed E-state index contributed by atoms with van der Waals surface area (Å²) < 4.78 is 15.4. The zero-order valence-corrected chi connectivity index (χ0v) is 9.32. The summed E-state index contributed by atoms with van der Waals surface area (Å²) in [7, 11) is 4.85. The summed E-state index contributed by atoms with van der Waals surface area (Å²) in [4.78, 5) is 0. The average Bonchev–Trinajstić information content (AvgIpc) is 2.28. The minimum absolute atomic E-state index is 0.208. The Morgan fingerprint density at radius 2 is 1.93 bits per heavy atom. The molecule has 2 N–H and O–H groups in total. The second kappa shape index (κ2) is 5.58. The Labute approximate surface area is 89.9 Å². The van der Waals surface area contributed by atoms with Gasteiger partial charge in [-0.15, -0.1) is 0 Å². The number of hydrogen-bond donors (Lipinski definition) is 1. The van der Waals surface area contributed by atoms with E-state index in [-0.39, 0.29) is 6.04 Å². The van der Waals surface area contributed by atoms with Crippen LogP contribution in [-0.2, 0) is 4.74 Å². The topological polar surface area (TPSA) is 53.7 Å². The average molecular weight is 211 g/mol. The lowest BCUT2D eigenvalue weighted by atomic mass is 10.1. The molecule has 0 aliphatic rings. The Bertz CT molecular complexity index is 315. The van der Waals surface area contributed by atoms with Crippen LogP contribution < -0.4 is 15.2 Å². The van der Waals surface area contributed by atoms with Gasteiger partial charge in [0.1, 0.15) is 11.5 Å². The molecule has 4 nitrogen and oxygen atoms in total. The van der Waals surface area contributed by atoms with Crippen molar-refractivity contribution >= 4 is 0 Å². The van der Waals surface area contributed by atoms with E-state index >= 15 is 0 Å². The number of benzene rings is 1. The van der Waals surface area contributed by atoms with Crippen molar-refractivity contribution in [1.82, 2.24) is 0 Å². The molecule has 1 aromatic carbocycles. The quantitative estimate of drug-likeness (QED) is 0.798. The molecule has 0 amide bonds. The van der Waals surface area contributed by atoms with E-state index in [4.69, 9.17) is 19.9 Å². The summed E-state index contributed by atoms with van der Waals surface area (Å²) in [6, 6.07) is 5.33. The van der Waals surface area contributed by atoms with Gasteiger partial charge < -0.3 is 19.9 Å². The molecule has 0 bridgehead atoms. The molecule has 0 radical (unpaired) electrons. The molecule has 0 saturated carbocycles. The van der Waals surface area contributed by atoms with Gasteiger partial charge in [0, 0.05) is 12.7 Å². The predicted molar refractivity (Wildman–Crippen MR) is 58.4 cm³/mol. The molecule has 84 valence electrons. The van der Waals surface area contributed by atoms with Crippen molar-refractivity contribution in [1.29, 1.82) is 0 Å². The number of hydrogen-bond acceptors (Lipinski definition) is 4. The SMILES string of the molecule is COCC(N)c1cc(OC)ccc1OC. The highest BCUT2D eigenvalue weighted by Crippen LogP contribution is 2.28. The molecular formula is C11H17NO3. The van der Waals surface area contributed by atoms with Gasteiger partial charge in [-0.25, -0.2) is 0 Å². The van der Waals surface area contributed by atoms with Crippen molar-refractivity contribution in [3.63, 3.8) is 0 Å². The number of nitrogens with two attached hydrogens (primary N) is 1. The third-order valence-electron chi connectivity index (χ3n) is 2.18. The van der Waals surface area contributed by atoms with Crippen molar-refractivity contribution in [2.24, 2.45) is 5.73 Å². The maximum Gasteiger partial charge on any atom is 0.123 e. The van der Waals surface area contributed by atoms with Gasteiger partial charge >= 0.3 is 0 Å². The highest BCUT2D eigenvalue weighted by molar-refractivity contribution is 5.42. The third kappa shape index (κ3) is 2.84. The van der Waals surface area contributed by atoms with Crippen molar-refractivity contribution in [2.45, 2.75) is 6.04 Å². The van der Waals surface area contributed by atoms with E-state index in [0.717, 1.165) is 17.1 Å². The van der Waals surface area contributed by atoms with E-state index in [1.807, 2.05) is 18.2 Å². The number of methoxy groups -OCH3 is 3. The molecule has 0 aliphatic heterocycles. The van der Waals surface area contributed by atoms with Gasteiger partial charge in [0.15, 0.2) is 0 Å². The number of ether oxygens (including phenoxy) is 3. The van der Waals surface area contributed by atoms with Crippen LogP contribution in [0.5, 0.6) is 11.5 Å². The van der Waals surface area contributed by atoms with Crippen LogP contribution >= 0.6 is 0 Å². The Kier molecular flexibility index (Phi) is 4.39. The van der Waals surface area contributed by atoms with Crippen LogP contribution in [0.3, 0.4) is 0 Å². The summed E-state index contributed by atoms with van der Waals surface area (Å²) in [5.74, 6) is 1.51. The highest BCUT2D eigenvalue weighted by Gasteiger charge is 2.12. The minimum atomic E-state index is -0.208. The molecular weight excluding hydrogens is 194 g/mol. The molecule has 1 aromatic rings. The van der Waals surface area contributed by atoms with Crippen LogP contribution in [0.25, 0.3) is 0 Å². The molecule has 4 heteroatoms. The van der Waals surface area contributed by atoms with Crippen LogP contribution in [0.15, 0.2) is 18.2 Å². The Morgan fingerprint density at radius 3 is 2.47 bits per heavy atom. The van der Waals surface area contributed by atoms with Crippen molar-refractivity contribution < 1.29 is 14.2 Å². The lowest BCUT2D eigenvalue weighted by Gasteiger charge is -2.15. The van der Waals surface area contributed by atoms with Gasteiger partial charge in [-0.3, -0.25) is 0 Å². The standard InChI is InChI=1S/C11H17NO3/c1-13-7-10(12)9-6-8(14-2)4-5-11(9)15-3/h4-6,10H,7,12H2,1-3H3. The van der Waals surface area contributed by atoms with Crippen LogP contribution in [0.2, 0.25) is 0 Å². The highest BCUT2D eigenvalue weighted by atomic mass is 16.5. The van der Waals surface area contributed by atoms with Gasteiger partial charge in [-0.2, -0.15) is 0 Å². The van der Waals surface area contributed by atoms with Gasteiger partial charge in [-0.1, -0.05) is 0 Å². The van der Waals surface area contributed by atoms with Crippen LogP contribution in [0, 0.1) is 0 Å². The summed E-state index contributed by atoms with van der Waals surface area (Å²) in [5, 5.41) is 0. The molecule has 0 spiro atoms. The van der Waals surface area contributed by atoms with Crippen LogP contribution in [0.1, 0.15) is 11.6 Å². The van der Waals surface area contributed by atoms with Crippen molar-refractivity contribution in [2.75, 3.05) is 27.9 Å². The van der Waals surface area contributed by atoms with Crippen LogP contribution in [0.4, 0.5) is 0 Å². The summed E-state index contributed by atoms with van der Waals surface area (Å²) >= 11 is 0. The Morgan fingerprint density at radius 1 is 1.20 bits per heavy atom. The summed E-state index contributed by atoms with van der Waals surface area (Å²) in [6.45, 7) is 0.448. The molecule has 0 aromatic heterocycles. The van der Waals surface area contributed by atoms with Crippen LogP contribution in [-0.4, -0.2) is 27.9 Å². The maximum absolute atomic E-state index is 5.94. The van der Waals surface area contributed by atoms with E-state index in [1.54, 1.807) is 21.3 Å². The lowest BCUT2D eigenvalue weighted by Crippen LogP contribution is -2.17. The summed E-state index contributed by atoms with van der Waals surface area (Å²) in [5.41, 5.74) is 6.83. The fourth-order valence-electron chi connectivity index (χ4n) is 1.40. The zero-order chi connectivity index (χ0) is 11.3. The van der Waals surface area contributed by atoms with Gasteiger partial charge in [0.25, 0.3) is 0 Å². The van der Waals surface area contributed by atoms with E-state index in [9.17, 15) is 0 Å². The fourth-order valence-corrected chi connectivity index (χ4v) is 1.40. The molecule has 1 rings (SSSR count). The largest absolute Gasteiger partial charge is 0.497 e. The lowest BCUT2D eigenvalue weighted by molar-refractivity contribution is 0.179. The molecule has 15 heavy (non-hydrogen) atoms. The molecule has 0 saturated heterocycles. The smallest absolute Gasteiger partial charge is 0.123 e. The first-order valence-electron chi connectivity index (χ1n) is 4.69. The molecule has 0 fully saturated rings. The van der Waals surface area contributed by atoms with E-state index in [1.165, 1.54) is 0 Å². The molecule has 0 aliphatic carbocycles. The van der Waals surface area contributed by atoms with E-state index in [2.05, 4.69) is 0 Å². The fraction of sp³-hybridized carbons (Fsp3) is 0.455. The Hall–Kier alpha value is -1.26. The van der Waals surface area contributed by atoms with Gasteiger partial charge in [0.05, 0.1) is 26.9 Å². The van der Waals surface area contributed by atoms with Gasteiger partial charge in [0.2, 0.25) is 0 Å². The zero-order valence-electron chi connectivity index (χ0n) is 9.32. The van der Waals surface area contributed by atoms with E-state index < -0.39 is 0 Å². The first-order valence-corrected chi connectivity index (χ1v) is 4.69. The normalized spacial score (nSPS) is 12.3. The first kappa shape index (κ1) is 11.8. The molecule has 0 heterocycles.